The lowest BCUT2D eigenvalue weighted by atomic mass is 9.91. The van der Waals surface area contributed by atoms with Crippen LogP contribution in [0.4, 0.5) is 0 Å². The minimum Gasteiger partial charge on any atom is -0.481 e. The molecule has 1 unspecified atom stereocenters. The number of carboxylic acid groups (broad SMARTS) is 1. The van der Waals surface area contributed by atoms with Crippen molar-refractivity contribution in [3.8, 4) is 0 Å². The van der Waals surface area contributed by atoms with Crippen molar-refractivity contribution < 1.29 is 9.90 Å². The van der Waals surface area contributed by atoms with E-state index in [1.807, 2.05) is 0 Å². The molecular weight excluding hydrogens is 104 g/mol. The second kappa shape index (κ2) is 2.16. The van der Waals surface area contributed by atoms with E-state index in [1.165, 1.54) is 0 Å². The highest BCUT2D eigenvalue weighted by Crippen LogP contribution is 2.17. The molecular formula is C6H10O2. The largest absolute Gasteiger partial charge is 0.481 e. The number of aliphatic carboxylic acids is 1. The summed E-state index contributed by atoms with van der Waals surface area (Å²) >= 11 is 0. The smallest absolute Gasteiger partial charge is 0.309 e. The predicted molar refractivity (Wildman–Crippen MR) is 31.1 cm³/mol. The number of carboxylic acids is 1. The van der Waals surface area contributed by atoms with Crippen LogP contribution in [0.15, 0.2) is 0 Å². The fraction of sp³-hybridized carbons (Fsp3) is 0.500. The van der Waals surface area contributed by atoms with Crippen LogP contribution in [0.25, 0.3) is 0 Å². The first kappa shape index (κ1) is 7.47. The van der Waals surface area contributed by atoms with Gasteiger partial charge in [0.25, 0.3) is 0 Å². The summed E-state index contributed by atoms with van der Waals surface area (Å²) in [6.07, 6.45) is 0.322. The molecule has 0 spiro atoms. The van der Waals surface area contributed by atoms with Crippen LogP contribution in [0.5, 0.6) is 0 Å². The van der Waals surface area contributed by atoms with Crippen LogP contribution in [-0.4, -0.2) is 11.1 Å². The van der Waals surface area contributed by atoms with Crippen molar-refractivity contribution in [2.24, 2.45) is 5.41 Å². The van der Waals surface area contributed by atoms with E-state index in [0.29, 0.717) is 6.42 Å². The van der Waals surface area contributed by atoms with Gasteiger partial charge in [-0.2, -0.15) is 0 Å². The van der Waals surface area contributed by atoms with Crippen LogP contribution in [0, 0.1) is 19.3 Å². The summed E-state index contributed by atoms with van der Waals surface area (Å²) in [5.41, 5.74) is -0.903. The monoisotopic (exact) mass is 114 g/mol. The summed E-state index contributed by atoms with van der Waals surface area (Å²) in [5.74, 6) is -0.896. The molecule has 0 saturated carbocycles. The van der Waals surface area contributed by atoms with E-state index in [-0.39, 0.29) is 0 Å². The fourth-order valence-electron chi connectivity index (χ4n) is 0.107. The van der Waals surface area contributed by atoms with Crippen LogP contribution in [0.2, 0.25) is 0 Å². The Morgan fingerprint density at radius 2 is 2.25 bits per heavy atom. The Bertz CT molecular complexity index is 94.7. The van der Waals surface area contributed by atoms with E-state index >= 15 is 0 Å². The second-order valence-electron chi connectivity index (χ2n) is 2.12. The molecule has 0 aromatic carbocycles. The Balaban J connectivity index is 3.91. The molecule has 0 aliphatic carbocycles. The van der Waals surface area contributed by atoms with Crippen molar-refractivity contribution in [2.45, 2.75) is 13.3 Å². The standard InChI is InChI=1S/C6H10O2/c1-4-6(2,3)5(7)8/h1-2,4H2,3H3,(H,7,8). The van der Waals surface area contributed by atoms with Crippen molar-refractivity contribution in [1.29, 1.82) is 0 Å². The van der Waals surface area contributed by atoms with Gasteiger partial charge in [0.15, 0.2) is 0 Å². The lowest BCUT2D eigenvalue weighted by Gasteiger charge is -2.14. The normalized spacial score (nSPS) is 11.4. The molecule has 0 fully saturated rings. The Morgan fingerprint density at radius 3 is 2.25 bits per heavy atom. The first-order valence-corrected chi connectivity index (χ1v) is 2.38. The highest BCUT2D eigenvalue weighted by Gasteiger charge is 2.23. The van der Waals surface area contributed by atoms with Gasteiger partial charge in [-0.3, -0.25) is 4.79 Å². The maximum Gasteiger partial charge on any atom is 0.309 e. The third-order valence-electron chi connectivity index (χ3n) is 1.07. The summed E-state index contributed by atoms with van der Waals surface area (Å²) in [6.45, 7) is 8.41. The fourth-order valence-corrected chi connectivity index (χ4v) is 0.107. The molecule has 0 bridgehead atoms. The zero-order valence-corrected chi connectivity index (χ0v) is 4.98. The van der Waals surface area contributed by atoms with Crippen LogP contribution in [0.3, 0.4) is 0 Å². The molecule has 46 valence electrons. The van der Waals surface area contributed by atoms with E-state index in [4.69, 9.17) is 5.11 Å². The molecule has 0 saturated heterocycles. The quantitative estimate of drug-likeness (QED) is 0.584. The third-order valence-corrected chi connectivity index (χ3v) is 1.07. The minimum absolute atomic E-state index is 0.322. The van der Waals surface area contributed by atoms with E-state index in [2.05, 4.69) is 13.8 Å². The van der Waals surface area contributed by atoms with E-state index in [9.17, 15) is 4.79 Å². The highest BCUT2D eigenvalue weighted by molar-refractivity contribution is 5.74. The molecule has 2 nitrogen and oxygen atoms in total. The third kappa shape index (κ3) is 1.52. The van der Waals surface area contributed by atoms with Crippen molar-refractivity contribution in [1.82, 2.24) is 0 Å². The lowest BCUT2D eigenvalue weighted by molar-refractivity contribution is -0.145. The Morgan fingerprint density at radius 1 is 1.88 bits per heavy atom. The van der Waals surface area contributed by atoms with Gasteiger partial charge in [-0.25, -0.2) is 0 Å². The lowest BCUT2D eigenvalue weighted by Crippen LogP contribution is -2.22. The molecule has 0 aliphatic rings. The summed E-state index contributed by atoms with van der Waals surface area (Å²) in [5, 5.41) is 8.34. The van der Waals surface area contributed by atoms with Gasteiger partial charge in [0.05, 0.1) is 5.41 Å². The van der Waals surface area contributed by atoms with Crippen molar-refractivity contribution in [2.75, 3.05) is 0 Å². The number of hydrogen-bond donors (Lipinski definition) is 1. The average Bonchev–Trinajstić information content (AvgIpc) is 1.67. The first-order chi connectivity index (χ1) is 3.50. The van der Waals surface area contributed by atoms with Gasteiger partial charge in [0.1, 0.15) is 0 Å². The van der Waals surface area contributed by atoms with Crippen LogP contribution in [0.1, 0.15) is 13.3 Å². The number of hydrogen-bond acceptors (Lipinski definition) is 1. The van der Waals surface area contributed by atoms with Gasteiger partial charge in [-0.05, 0) is 20.3 Å². The van der Waals surface area contributed by atoms with Crippen molar-refractivity contribution >= 4 is 5.97 Å². The van der Waals surface area contributed by atoms with Crippen LogP contribution in [-0.2, 0) is 4.79 Å². The average molecular weight is 114 g/mol. The van der Waals surface area contributed by atoms with Crippen LogP contribution >= 0.6 is 0 Å². The van der Waals surface area contributed by atoms with Gasteiger partial charge >= 0.3 is 5.97 Å². The maximum absolute atomic E-state index is 10.1. The highest BCUT2D eigenvalue weighted by atomic mass is 16.4. The number of carbonyl (C=O) groups is 1. The Labute approximate surface area is 49.5 Å². The second-order valence-corrected chi connectivity index (χ2v) is 2.12. The summed E-state index contributed by atoms with van der Waals surface area (Å²) in [6, 6.07) is 0. The summed E-state index contributed by atoms with van der Waals surface area (Å²) in [7, 11) is 0. The van der Waals surface area contributed by atoms with Crippen molar-refractivity contribution in [3.63, 3.8) is 0 Å². The molecule has 0 rings (SSSR count). The molecule has 1 atom stereocenters. The zero-order valence-electron chi connectivity index (χ0n) is 4.98. The van der Waals surface area contributed by atoms with Gasteiger partial charge in [0.2, 0.25) is 0 Å². The molecule has 8 heavy (non-hydrogen) atoms. The summed E-state index contributed by atoms with van der Waals surface area (Å²) < 4.78 is 0. The molecule has 1 N–H and O–H groups in total. The molecule has 0 heterocycles. The van der Waals surface area contributed by atoms with Gasteiger partial charge in [-0.1, -0.05) is 6.92 Å². The maximum atomic E-state index is 10.1. The molecule has 0 amide bonds. The number of rotatable bonds is 2. The van der Waals surface area contributed by atoms with Crippen LogP contribution < -0.4 is 0 Å². The van der Waals surface area contributed by atoms with E-state index in [1.54, 1.807) is 6.92 Å². The molecule has 0 aromatic rings. The van der Waals surface area contributed by atoms with E-state index < -0.39 is 11.4 Å². The molecule has 0 aromatic heterocycles. The minimum atomic E-state index is -0.903. The van der Waals surface area contributed by atoms with E-state index in [0.717, 1.165) is 0 Å². The topological polar surface area (TPSA) is 37.3 Å². The van der Waals surface area contributed by atoms with Crippen molar-refractivity contribution in [3.05, 3.63) is 13.8 Å². The molecule has 2 heteroatoms. The molecule has 0 aliphatic heterocycles. The Kier molecular flexibility index (Phi) is 2.02. The predicted octanol–water partition coefficient (Wildman–Crippen LogP) is 1.14. The molecule has 2 radical (unpaired) electrons. The van der Waals surface area contributed by atoms with Gasteiger partial charge in [-0.15, -0.1) is 0 Å². The SMILES string of the molecule is [CH2]CC([CH2])(C)C(=O)O. The zero-order chi connectivity index (χ0) is 6.78. The van der Waals surface area contributed by atoms with Gasteiger partial charge in [0, 0.05) is 0 Å². The Hall–Kier alpha value is -0.530. The first-order valence-electron chi connectivity index (χ1n) is 2.38. The van der Waals surface area contributed by atoms with Gasteiger partial charge < -0.3 is 5.11 Å². The summed E-state index contributed by atoms with van der Waals surface area (Å²) in [4.78, 5) is 10.1.